The van der Waals surface area contributed by atoms with Gasteiger partial charge in [0.25, 0.3) is 5.91 Å². The summed E-state index contributed by atoms with van der Waals surface area (Å²) in [6.07, 6.45) is -0.361. The standard InChI is InChI=1S/C35H38F3N3O4S/c1-2-46(43,44)32-17-10-26(11-18-32)33(19-20-39)40-34(42)27-7-14-30(15-8-27)41-21-28(9-16-31(41)23-45-22-24-3-4-24)25-5-12-29(13-6-25)35(36,37)38/h5-8,10-15,17-18,24,28,31,33H,2-4,9,16,19,21-23H2,1H3,(H,40,42)/t28-,31-,33?/m0/s1. The van der Waals surface area contributed by atoms with Crippen molar-refractivity contribution >= 4 is 21.4 Å². The number of alkyl halides is 3. The van der Waals surface area contributed by atoms with Crippen LogP contribution in [0.3, 0.4) is 0 Å². The Bertz CT molecular complexity index is 1630. The molecule has 5 rings (SSSR count). The van der Waals surface area contributed by atoms with Crippen molar-refractivity contribution in [3.63, 3.8) is 0 Å². The van der Waals surface area contributed by atoms with E-state index in [-0.39, 0.29) is 34.9 Å². The van der Waals surface area contributed by atoms with E-state index in [0.29, 0.717) is 30.2 Å². The first-order chi connectivity index (χ1) is 22.0. The molecule has 1 heterocycles. The van der Waals surface area contributed by atoms with E-state index in [4.69, 9.17) is 4.74 Å². The molecule has 1 saturated heterocycles. The maximum atomic E-state index is 13.2. The molecule has 3 atom stereocenters. The third-order valence-corrected chi connectivity index (χ3v) is 10.6. The van der Waals surface area contributed by atoms with Crippen molar-refractivity contribution in [2.45, 2.75) is 68.1 Å². The van der Waals surface area contributed by atoms with Crippen LogP contribution in [0.15, 0.2) is 77.7 Å². The van der Waals surface area contributed by atoms with Crippen LogP contribution in [0, 0.1) is 17.2 Å². The van der Waals surface area contributed by atoms with E-state index in [1.165, 1.54) is 25.0 Å². The average Bonchev–Trinajstić information content (AvgIpc) is 3.89. The molecule has 1 unspecified atom stereocenters. The van der Waals surface area contributed by atoms with Crippen LogP contribution in [-0.4, -0.2) is 45.9 Å². The fourth-order valence-electron chi connectivity index (χ4n) is 5.85. The van der Waals surface area contributed by atoms with Crippen molar-refractivity contribution in [1.82, 2.24) is 5.32 Å². The minimum absolute atomic E-state index is 0.00531. The molecule has 1 aliphatic heterocycles. The van der Waals surface area contributed by atoms with Gasteiger partial charge in [-0.2, -0.15) is 18.4 Å². The second-order valence-corrected chi connectivity index (χ2v) is 14.4. The van der Waals surface area contributed by atoms with Crippen LogP contribution < -0.4 is 10.2 Å². The van der Waals surface area contributed by atoms with Crippen LogP contribution in [0.5, 0.6) is 0 Å². The number of hydrogen-bond donors (Lipinski definition) is 1. The van der Waals surface area contributed by atoms with Crippen LogP contribution in [0.25, 0.3) is 0 Å². The third kappa shape index (κ3) is 8.28. The van der Waals surface area contributed by atoms with E-state index in [1.807, 2.05) is 12.1 Å². The minimum Gasteiger partial charge on any atom is -0.379 e. The van der Waals surface area contributed by atoms with Gasteiger partial charge in [-0.05, 0) is 91.3 Å². The molecule has 11 heteroatoms. The number of benzene rings is 3. The molecule has 0 spiro atoms. The third-order valence-electron chi connectivity index (χ3n) is 8.86. The summed E-state index contributed by atoms with van der Waals surface area (Å²) in [6.45, 7) is 3.45. The van der Waals surface area contributed by atoms with Gasteiger partial charge >= 0.3 is 6.18 Å². The fraction of sp³-hybridized carbons (Fsp3) is 0.429. The number of hydrogen-bond acceptors (Lipinski definition) is 6. The SMILES string of the molecule is CCS(=O)(=O)c1ccc(C(CC#N)NC(=O)c2ccc(N3C[C@@H](c4ccc(C(F)(F)F)cc4)CC[C@H]3COCC3CC3)cc2)cc1. The minimum atomic E-state index is -4.38. The van der Waals surface area contributed by atoms with E-state index in [1.54, 1.807) is 43.3 Å². The number of nitrogens with one attached hydrogen (secondary N) is 1. The molecule has 46 heavy (non-hydrogen) atoms. The zero-order chi connectivity index (χ0) is 32.9. The Morgan fingerprint density at radius 3 is 2.24 bits per heavy atom. The number of halogens is 3. The van der Waals surface area contributed by atoms with Crippen molar-refractivity contribution in [1.29, 1.82) is 5.26 Å². The van der Waals surface area contributed by atoms with E-state index < -0.39 is 27.6 Å². The summed E-state index contributed by atoms with van der Waals surface area (Å²) in [7, 11) is -3.37. The molecular formula is C35H38F3N3O4S. The number of piperidine rings is 1. The summed E-state index contributed by atoms with van der Waals surface area (Å²) in [4.78, 5) is 15.7. The Morgan fingerprint density at radius 1 is 0.978 bits per heavy atom. The highest BCUT2D eigenvalue weighted by atomic mass is 32.2. The van der Waals surface area contributed by atoms with Gasteiger partial charge in [-0.1, -0.05) is 31.2 Å². The van der Waals surface area contributed by atoms with E-state index in [2.05, 4.69) is 16.3 Å². The maximum Gasteiger partial charge on any atom is 0.416 e. The molecule has 0 bridgehead atoms. The Labute approximate surface area is 268 Å². The van der Waals surface area contributed by atoms with Gasteiger partial charge < -0.3 is 15.0 Å². The summed E-state index contributed by atoms with van der Waals surface area (Å²) in [5.41, 5.74) is 2.10. The molecular weight excluding hydrogens is 615 g/mol. The zero-order valence-corrected chi connectivity index (χ0v) is 26.5. The lowest BCUT2D eigenvalue weighted by atomic mass is 9.86. The zero-order valence-electron chi connectivity index (χ0n) is 25.7. The number of amides is 1. The first-order valence-corrected chi connectivity index (χ1v) is 17.3. The fourth-order valence-corrected chi connectivity index (χ4v) is 6.74. The highest BCUT2D eigenvalue weighted by Crippen LogP contribution is 2.36. The molecule has 7 nitrogen and oxygen atoms in total. The first kappa shape index (κ1) is 33.5. The monoisotopic (exact) mass is 653 g/mol. The highest BCUT2D eigenvalue weighted by Gasteiger charge is 2.33. The molecule has 1 saturated carbocycles. The van der Waals surface area contributed by atoms with Crippen molar-refractivity contribution in [2.24, 2.45) is 5.92 Å². The number of nitriles is 1. The molecule has 3 aromatic carbocycles. The van der Waals surface area contributed by atoms with Gasteiger partial charge in [0.05, 0.1) is 47.4 Å². The van der Waals surface area contributed by atoms with E-state index in [9.17, 15) is 31.6 Å². The van der Waals surface area contributed by atoms with E-state index >= 15 is 0 Å². The van der Waals surface area contributed by atoms with Gasteiger partial charge in [-0.3, -0.25) is 4.79 Å². The van der Waals surface area contributed by atoms with Gasteiger partial charge in [0.2, 0.25) is 0 Å². The lowest BCUT2D eigenvalue weighted by Gasteiger charge is -2.41. The van der Waals surface area contributed by atoms with Gasteiger partial charge in [0.1, 0.15) is 0 Å². The summed E-state index contributed by atoms with van der Waals surface area (Å²) in [5.74, 6) is 0.266. The summed E-state index contributed by atoms with van der Waals surface area (Å²) in [6, 6.07) is 20.3. The molecule has 0 aromatic heterocycles. The number of ether oxygens (including phenoxy) is 1. The second-order valence-electron chi connectivity index (χ2n) is 12.1. The summed E-state index contributed by atoms with van der Waals surface area (Å²) < 4.78 is 69.8. The number of carbonyl (C=O) groups excluding carboxylic acids is 1. The molecule has 1 amide bonds. The topological polar surface area (TPSA) is 99.5 Å². The van der Waals surface area contributed by atoms with Crippen molar-refractivity contribution in [2.75, 3.05) is 30.4 Å². The number of carbonyl (C=O) groups is 1. The van der Waals surface area contributed by atoms with Crippen LogP contribution in [-0.2, 0) is 20.8 Å². The maximum absolute atomic E-state index is 13.2. The molecule has 0 radical (unpaired) electrons. The second kappa shape index (κ2) is 14.3. The van der Waals surface area contributed by atoms with Crippen molar-refractivity contribution in [3.05, 3.63) is 95.1 Å². The van der Waals surface area contributed by atoms with E-state index in [0.717, 1.165) is 42.8 Å². The van der Waals surface area contributed by atoms with Gasteiger partial charge in [0.15, 0.2) is 9.84 Å². The van der Waals surface area contributed by atoms with Crippen LogP contribution in [0.4, 0.5) is 18.9 Å². The smallest absolute Gasteiger partial charge is 0.379 e. The lowest BCUT2D eigenvalue weighted by molar-refractivity contribution is -0.137. The van der Waals surface area contributed by atoms with Gasteiger partial charge in [-0.15, -0.1) is 0 Å². The number of nitrogens with zero attached hydrogens (tertiary/aromatic N) is 2. The predicted molar refractivity (Wildman–Crippen MR) is 169 cm³/mol. The molecule has 244 valence electrons. The Morgan fingerprint density at radius 2 is 1.65 bits per heavy atom. The Balaban J connectivity index is 1.30. The predicted octanol–water partition coefficient (Wildman–Crippen LogP) is 7.06. The average molecular weight is 654 g/mol. The Hall–Kier alpha value is -3.88. The number of sulfone groups is 1. The normalized spacial score (nSPS) is 19.3. The molecule has 2 fully saturated rings. The summed E-state index contributed by atoms with van der Waals surface area (Å²) in [5, 5.41) is 12.3. The first-order valence-electron chi connectivity index (χ1n) is 15.6. The van der Waals surface area contributed by atoms with Crippen LogP contribution >= 0.6 is 0 Å². The molecule has 2 aliphatic rings. The van der Waals surface area contributed by atoms with Crippen molar-refractivity contribution in [3.8, 4) is 6.07 Å². The van der Waals surface area contributed by atoms with Crippen LogP contribution in [0.2, 0.25) is 0 Å². The quantitative estimate of drug-likeness (QED) is 0.225. The highest BCUT2D eigenvalue weighted by molar-refractivity contribution is 7.91. The molecule has 1 aliphatic carbocycles. The van der Waals surface area contributed by atoms with Gasteiger partial charge in [-0.25, -0.2) is 8.42 Å². The molecule has 1 N–H and O–H groups in total. The Kier molecular flexibility index (Phi) is 10.4. The van der Waals surface area contributed by atoms with Crippen molar-refractivity contribution < 1.29 is 31.1 Å². The lowest BCUT2D eigenvalue weighted by Crippen LogP contribution is -2.45. The molecule has 3 aromatic rings. The van der Waals surface area contributed by atoms with Gasteiger partial charge in [0, 0.05) is 30.3 Å². The summed E-state index contributed by atoms with van der Waals surface area (Å²) >= 11 is 0. The van der Waals surface area contributed by atoms with Crippen LogP contribution in [0.1, 0.15) is 78.0 Å². The largest absolute Gasteiger partial charge is 0.416 e. The number of rotatable bonds is 12. The number of anilines is 1.